The van der Waals surface area contributed by atoms with E-state index in [1.54, 1.807) is 12.1 Å². The summed E-state index contributed by atoms with van der Waals surface area (Å²) in [6, 6.07) is 6.52. The molecule has 1 aromatic rings. The van der Waals surface area contributed by atoms with E-state index < -0.39 is 5.97 Å². The highest BCUT2D eigenvalue weighted by Crippen LogP contribution is 2.22. The molecule has 0 aromatic heterocycles. The number of halogens is 1. The highest BCUT2D eigenvalue weighted by molar-refractivity contribution is 5.67. The molecule has 1 fully saturated rings. The summed E-state index contributed by atoms with van der Waals surface area (Å²) in [6.45, 7) is 1.63. The van der Waals surface area contributed by atoms with Crippen molar-refractivity contribution in [1.82, 2.24) is 4.90 Å². The lowest BCUT2D eigenvalue weighted by atomic mass is 10.1. The maximum atomic E-state index is 12.8. The maximum absolute atomic E-state index is 12.8. The Balaban J connectivity index is 1.97. The Hall–Kier alpha value is -1.42. The van der Waals surface area contributed by atoms with Gasteiger partial charge in [0.25, 0.3) is 0 Å². The van der Waals surface area contributed by atoms with E-state index >= 15 is 0 Å². The van der Waals surface area contributed by atoms with E-state index in [1.807, 2.05) is 0 Å². The zero-order chi connectivity index (χ0) is 12.3. The van der Waals surface area contributed by atoms with Gasteiger partial charge in [-0.1, -0.05) is 12.1 Å². The molecule has 1 saturated heterocycles. The summed E-state index contributed by atoms with van der Waals surface area (Å²) in [5.41, 5.74) is 1.03. The number of nitrogens with zero attached hydrogens (tertiary/aromatic N) is 1. The Bertz CT molecular complexity index is 391. The number of rotatable bonds is 4. The van der Waals surface area contributed by atoms with Crippen LogP contribution in [0.5, 0.6) is 0 Å². The van der Waals surface area contributed by atoms with Crippen molar-refractivity contribution in [2.24, 2.45) is 0 Å². The third-order valence-corrected chi connectivity index (χ3v) is 3.21. The van der Waals surface area contributed by atoms with E-state index in [0.29, 0.717) is 6.54 Å². The Morgan fingerprint density at radius 3 is 2.76 bits per heavy atom. The molecule has 17 heavy (non-hydrogen) atoms. The Morgan fingerprint density at radius 1 is 1.41 bits per heavy atom. The third-order valence-electron chi connectivity index (χ3n) is 3.21. The van der Waals surface area contributed by atoms with Gasteiger partial charge >= 0.3 is 5.97 Å². The van der Waals surface area contributed by atoms with Crippen LogP contribution in [0.3, 0.4) is 0 Å². The molecule has 1 N–H and O–H groups in total. The van der Waals surface area contributed by atoms with Gasteiger partial charge in [0, 0.05) is 12.6 Å². The van der Waals surface area contributed by atoms with Gasteiger partial charge in [-0.05, 0) is 37.1 Å². The first-order valence-electron chi connectivity index (χ1n) is 5.85. The predicted molar refractivity (Wildman–Crippen MR) is 62.1 cm³/mol. The van der Waals surface area contributed by atoms with Crippen LogP contribution in [-0.2, 0) is 11.3 Å². The minimum atomic E-state index is -0.749. The maximum Gasteiger partial charge on any atom is 0.304 e. The van der Waals surface area contributed by atoms with Crippen LogP contribution < -0.4 is 0 Å². The number of carboxylic acid groups (broad SMARTS) is 1. The smallest absolute Gasteiger partial charge is 0.304 e. The predicted octanol–water partition coefficient (Wildman–Crippen LogP) is 2.26. The third kappa shape index (κ3) is 3.27. The van der Waals surface area contributed by atoms with Crippen molar-refractivity contribution in [3.8, 4) is 0 Å². The van der Waals surface area contributed by atoms with E-state index in [-0.39, 0.29) is 18.3 Å². The molecular formula is C13H16FNO2. The molecule has 0 spiro atoms. The molecule has 1 heterocycles. The van der Waals surface area contributed by atoms with Gasteiger partial charge < -0.3 is 5.11 Å². The lowest BCUT2D eigenvalue weighted by Crippen LogP contribution is -2.30. The molecule has 0 aliphatic carbocycles. The lowest BCUT2D eigenvalue weighted by molar-refractivity contribution is -0.138. The number of hydrogen-bond acceptors (Lipinski definition) is 2. The molecule has 0 bridgehead atoms. The number of benzene rings is 1. The van der Waals surface area contributed by atoms with E-state index in [9.17, 15) is 9.18 Å². The van der Waals surface area contributed by atoms with Crippen molar-refractivity contribution >= 4 is 5.97 Å². The van der Waals surface area contributed by atoms with Gasteiger partial charge in [-0.2, -0.15) is 0 Å². The normalized spacial score (nSPS) is 20.6. The number of likely N-dealkylation sites (tertiary alicyclic amines) is 1. The van der Waals surface area contributed by atoms with Crippen molar-refractivity contribution in [2.45, 2.75) is 31.8 Å². The van der Waals surface area contributed by atoms with Gasteiger partial charge in [-0.3, -0.25) is 9.69 Å². The second-order valence-electron chi connectivity index (χ2n) is 4.49. The number of carboxylic acids is 1. The zero-order valence-electron chi connectivity index (χ0n) is 9.60. The van der Waals surface area contributed by atoms with Crippen LogP contribution in [0.25, 0.3) is 0 Å². The highest BCUT2D eigenvalue weighted by Gasteiger charge is 2.26. The molecule has 0 saturated carbocycles. The summed E-state index contributed by atoms with van der Waals surface area (Å²) in [4.78, 5) is 12.9. The van der Waals surface area contributed by atoms with Crippen LogP contribution in [0, 0.1) is 5.82 Å². The average Bonchev–Trinajstić information content (AvgIpc) is 2.68. The fraction of sp³-hybridized carbons (Fsp3) is 0.462. The summed E-state index contributed by atoms with van der Waals surface area (Å²) in [6.07, 6.45) is 2.17. The van der Waals surface area contributed by atoms with E-state index in [1.165, 1.54) is 12.1 Å². The molecular weight excluding hydrogens is 221 g/mol. The molecule has 1 aliphatic heterocycles. The van der Waals surface area contributed by atoms with E-state index in [2.05, 4.69) is 4.90 Å². The molecule has 1 aromatic carbocycles. The molecule has 1 aliphatic rings. The standard InChI is InChI=1S/C13H16FNO2/c14-11-5-3-10(4-6-11)9-15-7-1-2-12(15)8-13(16)17/h3-6,12H,1-2,7-9H2,(H,16,17). The van der Waals surface area contributed by atoms with Crippen molar-refractivity contribution < 1.29 is 14.3 Å². The van der Waals surface area contributed by atoms with Crippen molar-refractivity contribution in [1.29, 1.82) is 0 Å². The lowest BCUT2D eigenvalue weighted by Gasteiger charge is -2.23. The molecule has 3 nitrogen and oxygen atoms in total. The van der Waals surface area contributed by atoms with Gasteiger partial charge in [0.15, 0.2) is 0 Å². The van der Waals surface area contributed by atoms with Crippen LogP contribution in [0.15, 0.2) is 24.3 Å². The van der Waals surface area contributed by atoms with Gasteiger partial charge in [-0.15, -0.1) is 0 Å². The Labute approximate surface area is 99.9 Å². The molecule has 2 rings (SSSR count). The summed E-state index contributed by atoms with van der Waals surface area (Å²) >= 11 is 0. The quantitative estimate of drug-likeness (QED) is 0.873. The first-order chi connectivity index (χ1) is 8.15. The number of aliphatic carboxylic acids is 1. The minimum Gasteiger partial charge on any atom is -0.481 e. The van der Waals surface area contributed by atoms with E-state index in [0.717, 1.165) is 24.9 Å². The fourth-order valence-electron chi connectivity index (χ4n) is 2.36. The van der Waals surface area contributed by atoms with E-state index in [4.69, 9.17) is 5.11 Å². The van der Waals surface area contributed by atoms with Crippen molar-refractivity contribution in [3.63, 3.8) is 0 Å². The van der Waals surface area contributed by atoms with Gasteiger partial charge in [0.1, 0.15) is 5.82 Å². The zero-order valence-corrected chi connectivity index (χ0v) is 9.60. The summed E-state index contributed by atoms with van der Waals surface area (Å²) < 4.78 is 12.8. The van der Waals surface area contributed by atoms with Crippen LogP contribution in [0.1, 0.15) is 24.8 Å². The molecule has 0 radical (unpaired) electrons. The molecule has 4 heteroatoms. The highest BCUT2D eigenvalue weighted by atomic mass is 19.1. The Morgan fingerprint density at radius 2 is 2.12 bits per heavy atom. The van der Waals surface area contributed by atoms with Crippen LogP contribution in [-0.4, -0.2) is 28.6 Å². The molecule has 1 atom stereocenters. The molecule has 92 valence electrons. The van der Waals surface area contributed by atoms with Gasteiger partial charge in [0.2, 0.25) is 0 Å². The monoisotopic (exact) mass is 237 g/mol. The fourth-order valence-corrected chi connectivity index (χ4v) is 2.36. The van der Waals surface area contributed by atoms with Gasteiger partial charge in [0.05, 0.1) is 6.42 Å². The van der Waals surface area contributed by atoms with Gasteiger partial charge in [-0.25, -0.2) is 4.39 Å². The number of hydrogen-bond donors (Lipinski definition) is 1. The van der Waals surface area contributed by atoms with Crippen molar-refractivity contribution in [3.05, 3.63) is 35.6 Å². The summed E-state index contributed by atoms with van der Waals surface area (Å²) in [5.74, 6) is -0.988. The summed E-state index contributed by atoms with van der Waals surface area (Å²) in [7, 11) is 0. The largest absolute Gasteiger partial charge is 0.481 e. The first-order valence-corrected chi connectivity index (χ1v) is 5.85. The van der Waals surface area contributed by atoms with Crippen LogP contribution >= 0.6 is 0 Å². The molecule has 0 amide bonds. The Kier molecular flexibility index (Phi) is 3.74. The average molecular weight is 237 g/mol. The second kappa shape index (κ2) is 5.27. The second-order valence-corrected chi connectivity index (χ2v) is 4.49. The first kappa shape index (κ1) is 12.0. The van der Waals surface area contributed by atoms with Crippen LogP contribution in [0.4, 0.5) is 4.39 Å². The molecule has 1 unspecified atom stereocenters. The van der Waals surface area contributed by atoms with Crippen molar-refractivity contribution in [2.75, 3.05) is 6.54 Å². The van der Waals surface area contributed by atoms with Crippen LogP contribution in [0.2, 0.25) is 0 Å². The topological polar surface area (TPSA) is 40.5 Å². The number of carbonyl (C=O) groups is 1. The summed E-state index contributed by atoms with van der Waals surface area (Å²) in [5, 5.41) is 8.82. The SMILES string of the molecule is O=C(O)CC1CCCN1Cc1ccc(F)cc1. The minimum absolute atomic E-state index is 0.123.